The number of pyridine rings is 1. The summed E-state index contributed by atoms with van der Waals surface area (Å²) < 4.78 is 53.1. The average molecular weight is 295 g/mol. The van der Waals surface area contributed by atoms with Gasteiger partial charge in [0.15, 0.2) is 0 Å². The molecule has 0 aliphatic heterocycles. The molecule has 0 bridgehead atoms. The highest BCUT2D eigenvalue weighted by Gasteiger charge is 2.34. The van der Waals surface area contributed by atoms with Gasteiger partial charge in [0, 0.05) is 11.8 Å². The summed E-state index contributed by atoms with van der Waals surface area (Å²) >= 11 is 0. The average Bonchev–Trinajstić information content (AvgIpc) is 2.76. The smallest absolute Gasteiger partial charge is 0.383 e. The number of aromatic nitrogens is 2. The Morgan fingerprint density at radius 2 is 1.86 bits per heavy atom. The summed E-state index contributed by atoms with van der Waals surface area (Å²) in [4.78, 5) is 4.18. The molecule has 2 aromatic heterocycles. The van der Waals surface area contributed by atoms with Gasteiger partial charge in [-0.2, -0.15) is 13.2 Å². The number of halogens is 4. The van der Waals surface area contributed by atoms with Crippen LogP contribution in [0.15, 0.2) is 42.6 Å². The lowest BCUT2D eigenvalue weighted by molar-refractivity contribution is -0.139. The molecule has 0 atom stereocenters. The maximum absolute atomic E-state index is 13.3. The van der Waals surface area contributed by atoms with E-state index in [1.54, 1.807) is 28.8 Å². The quantitative estimate of drug-likeness (QED) is 0.695. The van der Waals surface area contributed by atoms with E-state index >= 15 is 0 Å². The summed E-state index contributed by atoms with van der Waals surface area (Å²) in [6.07, 6.45) is -3.12. The zero-order chi connectivity index (χ0) is 15.2. The molecule has 3 rings (SSSR count). The van der Waals surface area contributed by atoms with Crippen molar-refractivity contribution in [3.63, 3.8) is 0 Å². The Bertz CT molecular complexity index is 821. The van der Waals surface area contributed by atoms with Gasteiger partial charge in [-0.1, -0.05) is 6.07 Å². The highest BCUT2D eigenvalue weighted by molar-refractivity contribution is 5.75. The Hall–Kier alpha value is -2.57. The number of hydrogen-bond donors (Lipinski definition) is 1. The first kappa shape index (κ1) is 13.4. The van der Waals surface area contributed by atoms with Gasteiger partial charge in [0.2, 0.25) is 0 Å². The molecule has 1 aromatic carbocycles. The molecule has 0 unspecified atom stereocenters. The highest BCUT2D eigenvalue weighted by atomic mass is 19.4. The molecule has 2 N–H and O–H groups in total. The second-order valence-corrected chi connectivity index (χ2v) is 4.47. The van der Waals surface area contributed by atoms with Crippen LogP contribution >= 0.6 is 0 Å². The molecule has 108 valence electrons. The number of benzene rings is 1. The van der Waals surface area contributed by atoms with Gasteiger partial charge < -0.3 is 5.73 Å². The lowest BCUT2D eigenvalue weighted by Gasteiger charge is -2.09. The van der Waals surface area contributed by atoms with E-state index in [0.29, 0.717) is 11.7 Å². The lowest BCUT2D eigenvalue weighted by atomic mass is 10.1. The first-order chi connectivity index (χ1) is 9.88. The van der Waals surface area contributed by atoms with E-state index in [1.165, 1.54) is 6.07 Å². The number of nitrogens with two attached hydrogens (primary N) is 1. The standard InChI is InChI=1S/C14H9F4N3/c15-10-5-4-8(7-9(10)14(16,17)18)12-13(19)21-6-2-1-3-11(21)20-12/h1-7H,19H2. The third-order valence-electron chi connectivity index (χ3n) is 3.11. The van der Waals surface area contributed by atoms with Gasteiger partial charge in [-0.15, -0.1) is 0 Å². The molecule has 3 aromatic rings. The number of fused-ring (bicyclic) bond motifs is 1. The normalized spacial score (nSPS) is 12.0. The second-order valence-electron chi connectivity index (χ2n) is 4.47. The molecule has 0 aliphatic carbocycles. The van der Waals surface area contributed by atoms with E-state index in [0.717, 1.165) is 6.07 Å². The second kappa shape index (κ2) is 4.47. The van der Waals surface area contributed by atoms with Crippen LogP contribution in [0.1, 0.15) is 5.56 Å². The van der Waals surface area contributed by atoms with E-state index < -0.39 is 17.6 Å². The largest absolute Gasteiger partial charge is 0.419 e. The Balaban J connectivity index is 2.22. The zero-order valence-corrected chi connectivity index (χ0v) is 10.5. The van der Waals surface area contributed by atoms with Crippen LogP contribution in [-0.2, 0) is 6.18 Å². The first-order valence-corrected chi connectivity index (χ1v) is 5.97. The zero-order valence-electron chi connectivity index (χ0n) is 10.5. The minimum atomic E-state index is -4.77. The molecule has 0 spiro atoms. The van der Waals surface area contributed by atoms with E-state index in [9.17, 15) is 17.6 Å². The number of alkyl halides is 3. The fourth-order valence-electron chi connectivity index (χ4n) is 2.12. The Morgan fingerprint density at radius 1 is 1.10 bits per heavy atom. The van der Waals surface area contributed by atoms with E-state index in [2.05, 4.69) is 4.98 Å². The lowest BCUT2D eigenvalue weighted by Crippen LogP contribution is -2.08. The Labute approximate surface area is 116 Å². The molecule has 0 radical (unpaired) electrons. The van der Waals surface area contributed by atoms with Gasteiger partial charge >= 0.3 is 6.18 Å². The molecule has 0 saturated heterocycles. The predicted molar refractivity (Wildman–Crippen MR) is 70.0 cm³/mol. The van der Waals surface area contributed by atoms with E-state index in [4.69, 9.17) is 5.73 Å². The van der Waals surface area contributed by atoms with Crippen molar-refractivity contribution in [3.8, 4) is 11.3 Å². The Kier molecular flexibility index (Phi) is 2.86. The molecule has 0 aliphatic rings. The van der Waals surface area contributed by atoms with Crippen LogP contribution in [0.25, 0.3) is 16.9 Å². The van der Waals surface area contributed by atoms with Crippen molar-refractivity contribution in [1.29, 1.82) is 0 Å². The van der Waals surface area contributed by atoms with Crippen LogP contribution in [0.4, 0.5) is 23.4 Å². The number of nitrogen functional groups attached to an aromatic ring is 1. The molecule has 2 heterocycles. The topological polar surface area (TPSA) is 43.3 Å². The SMILES string of the molecule is Nc1c(-c2ccc(F)c(C(F)(F)F)c2)nc2ccccn12. The van der Waals surface area contributed by atoms with E-state index in [1.807, 2.05) is 0 Å². The van der Waals surface area contributed by atoms with Crippen molar-refractivity contribution in [3.05, 3.63) is 54.0 Å². The molecule has 0 fully saturated rings. The number of anilines is 1. The van der Waals surface area contributed by atoms with Crippen LogP contribution in [0, 0.1) is 5.82 Å². The number of imidazole rings is 1. The predicted octanol–water partition coefficient (Wildman–Crippen LogP) is 3.74. The number of nitrogens with zero attached hydrogens (tertiary/aromatic N) is 2. The van der Waals surface area contributed by atoms with Crippen LogP contribution in [0.3, 0.4) is 0 Å². The van der Waals surface area contributed by atoms with Gasteiger partial charge in [-0.05, 0) is 30.3 Å². The maximum Gasteiger partial charge on any atom is 0.419 e. The van der Waals surface area contributed by atoms with Crippen molar-refractivity contribution < 1.29 is 17.6 Å². The van der Waals surface area contributed by atoms with Crippen molar-refractivity contribution >= 4 is 11.5 Å². The summed E-state index contributed by atoms with van der Waals surface area (Å²) in [5.74, 6) is -1.13. The molecule has 21 heavy (non-hydrogen) atoms. The van der Waals surface area contributed by atoms with Crippen LogP contribution < -0.4 is 5.73 Å². The van der Waals surface area contributed by atoms with Crippen molar-refractivity contribution in [2.24, 2.45) is 0 Å². The summed E-state index contributed by atoms with van der Waals surface area (Å²) in [5, 5.41) is 0. The van der Waals surface area contributed by atoms with Crippen molar-refractivity contribution in [2.75, 3.05) is 5.73 Å². The van der Waals surface area contributed by atoms with Crippen LogP contribution in [0.5, 0.6) is 0 Å². The van der Waals surface area contributed by atoms with Gasteiger partial charge in [0.25, 0.3) is 0 Å². The number of rotatable bonds is 1. The van der Waals surface area contributed by atoms with Crippen molar-refractivity contribution in [1.82, 2.24) is 9.38 Å². The van der Waals surface area contributed by atoms with Crippen LogP contribution in [-0.4, -0.2) is 9.38 Å². The monoisotopic (exact) mass is 295 g/mol. The van der Waals surface area contributed by atoms with Gasteiger partial charge in [0.1, 0.15) is 23.0 Å². The molecule has 3 nitrogen and oxygen atoms in total. The molecule has 7 heteroatoms. The Morgan fingerprint density at radius 3 is 2.52 bits per heavy atom. The summed E-state index contributed by atoms with van der Waals surface area (Å²) in [7, 11) is 0. The third kappa shape index (κ3) is 2.20. The third-order valence-corrected chi connectivity index (χ3v) is 3.11. The fraction of sp³-hybridized carbons (Fsp3) is 0.0714. The molecule has 0 amide bonds. The minimum Gasteiger partial charge on any atom is -0.383 e. The minimum absolute atomic E-state index is 0.116. The van der Waals surface area contributed by atoms with Gasteiger partial charge in [-0.3, -0.25) is 4.40 Å². The number of hydrogen-bond acceptors (Lipinski definition) is 2. The first-order valence-electron chi connectivity index (χ1n) is 5.97. The fourth-order valence-corrected chi connectivity index (χ4v) is 2.12. The van der Waals surface area contributed by atoms with Crippen molar-refractivity contribution in [2.45, 2.75) is 6.18 Å². The maximum atomic E-state index is 13.3. The highest BCUT2D eigenvalue weighted by Crippen LogP contribution is 2.35. The summed E-state index contributed by atoms with van der Waals surface area (Å²) in [5.41, 5.74) is 5.36. The summed E-state index contributed by atoms with van der Waals surface area (Å²) in [6.45, 7) is 0. The van der Waals surface area contributed by atoms with E-state index in [-0.39, 0.29) is 17.1 Å². The van der Waals surface area contributed by atoms with Gasteiger partial charge in [-0.25, -0.2) is 9.37 Å². The molecular formula is C14H9F4N3. The van der Waals surface area contributed by atoms with Crippen LogP contribution in [0.2, 0.25) is 0 Å². The molecular weight excluding hydrogens is 286 g/mol. The molecule has 0 saturated carbocycles. The van der Waals surface area contributed by atoms with Gasteiger partial charge in [0.05, 0.1) is 5.56 Å². The summed E-state index contributed by atoms with van der Waals surface area (Å²) in [6, 6.07) is 7.84.